The van der Waals surface area contributed by atoms with E-state index in [9.17, 15) is 14.7 Å². The van der Waals surface area contributed by atoms with Crippen molar-refractivity contribution in [1.82, 2.24) is 0 Å². The van der Waals surface area contributed by atoms with Gasteiger partial charge in [-0.3, -0.25) is 14.5 Å². The maximum Gasteiger partial charge on any atom is 0.300 e. The Morgan fingerprint density at radius 1 is 1.00 bits per heavy atom. The summed E-state index contributed by atoms with van der Waals surface area (Å²) in [6, 6.07) is 19.4. The number of nitrogens with zero attached hydrogens (tertiary/aromatic N) is 2. The van der Waals surface area contributed by atoms with Gasteiger partial charge < -0.3 is 5.11 Å². The van der Waals surface area contributed by atoms with E-state index in [1.54, 1.807) is 30.3 Å². The largest absolute Gasteiger partial charge is 0.507 e. The molecule has 0 saturated carbocycles. The molecule has 0 radical (unpaired) electrons. The summed E-state index contributed by atoms with van der Waals surface area (Å²) in [7, 11) is 0. The Bertz CT molecular complexity index is 1320. The summed E-state index contributed by atoms with van der Waals surface area (Å²) in [5.74, 6) is -1.93. The molecule has 1 aliphatic heterocycles. The van der Waals surface area contributed by atoms with E-state index in [0.717, 1.165) is 5.56 Å². The van der Waals surface area contributed by atoms with E-state index in [2.05, 4.69) is 0 Å². The molecule has 0 spiro atoms. The van der Waals surface area contributed by atoms with Crippen LogP contribution in [0.15, 0.2) is 72.3 Å². The van der Waals surface area contributed by atoms with Gasteiger partial charge in [0.25, 0.3) is 11.7 Å². The third-order valence-electron chi connectivity index (χ3n) is 5.27. The number of anilines is 1. The third kappa shape index (κ3) is 3.75. The molecule has 1 fully saturated rings. The van der Waals surface area contributed by atoms with E-state index in [-0.39, 0.29) is 21.9 Å². The summed E-state index contributed by atoms with van der Waals surface area (Å²) >= 11 is 12.1. The van der Waals surface area contributed by atoms with Gasteiger partial charge in [-0.15, -0.1) is 0 Å². The summed E-state index contributed by atoms with van der Waals surface area (Å²) in [4.78, 5) is 27.6. The fourth-order valence-electron chi connectivity index (χ4n) is 3.75. The topological polar surface area (TPSA) is 81.4 Å². The van der Waals surface area contributed by atoms with Crippen molar-refractivity contribution in [3.8, 4) is 6.07 Å². The molecule has 1 amide bonds. The number of Topliss-reactive ketones (excluding diaryl/α,β-unsaturated/α-hetero) is 1. The molecule has 1 N–H and O–H groups in total. The molecule has 0 bridgehead atoms. The first-order valence-corrected chi connectivity index (χ1v) is 10.4. The van der Waals surface area contributed by atoms with Crippen molar-refractivity contribution in [2.75, 3.05) is 4.90 Å². The molecule has 5 nitrogen and oxygen atoms in total. The molecule has 4 rings (SSSR count). The second-order valence-electron chi connectivity index (χ2n) is 7.37. The molecule has 1 aliphatic rings. The first kappa shape index (κ1) is 21.6. The Hall–Kier alpha value is -3.59. The Morgan fingerprint density at radius 3 is 2.34 bits per heavy atom. The van der Waals surface area contributed by atoms with Crippen LogP contribution < -0.4 is 4.90 Å². The number of halogens is 2. The normalized spacial score (nSPS) is 17.4. The van der Waals surface area contributed by atoms with Crippen molar-refractivity contribution in [2.24, 2.45) is 0 Å². The number of hydrogen-bond acceptors (Lipinski definition) is 4. The monoisotopic (exact) mass is 462 g/mol. The summed E-state index contributed by atoms with van der Waals surface area (Å²) in [5.41, 5.74) is 2.68. The van der Waals surface area contributed by atoms with Gasteiger partial charge in [0.15, 0.2) is 0 Å². The maximum absolute atomic E-state index is 13.1. The highest BCUT2D eigenvalue weighted by atomic mass is 35.5. The zero-order valence-corrected chi connectivity index (χ0v) is 18.4. The van der Waals surface area contributed by atoms with Crippen LogP contribution in [0.2, 0.25) is 10.0 Å². The number of aryl methyl sites for hydroxylation is 1. The number of carbonyl (C=O) groups is 2. The van der Waals surface area contributed by atoms with Gasteiger partial charge in [0, 0.05) is 11.3 Å². The third-order valence-corrected chi connectivity index (χ3v) is 6.01. The van der Waals surface area contributed by atoms with Gasteiger partial charge >= 0.3 is 0 Å². The number of aliphatic hydroxyl groups excluding tert-OH is 1. The Labute approximate surface area is 194 Å². The standard InChI is InChI=1S/C25H16Cl2N2O3/c1-14-3-2-4-16(11-14)22-21(23(30)17-7-10-19(26)20(27)12-17)24(31)25(32)29(22)18-8-5-15(13-28)6-9-18/h2-12,22,30H,1H3/b23-21-. The maximum atomic E-state index is 13.1. The molecule has 7 heteroatoms. The lowest BCUT2D eigenvalue weighted by molar-refractivity contribution is -0.132. The predicted molar refractivity (Wildman–Crippen MR) is 124 cm³/mol. The molecule has 1 saturated heterocycles. The van der Waals surface area contributed by atoms with Crippen molar-refractivity contribution < 1.29 is 14.7 Å². The first-order valence-electron chi connectivity index (χ1n) is 9.65. The van der Waals surface area contributed by atoms with Gasteiger partial charge in [-0.2, -0.15) is 5.26 Å². The highest BCUT2D eigenvalue weighted by molar-refractivity contribution is 6.51. The molecule has 3 aromatic rings. The van der Waals surface area contributed by atoms with E-state index >= 15 is 0 Å². The summed E-state index contributed by atoms with van der Waals surface area (Å²) < 4.78 is 0. The molecule has 1 heterocycles. The van der Waals surface area contributed by atoms with Crippen LogP contribution in [0.4, 0.5) is 5.69 Å². The number of aliphatic hydroxyl groups is 1. The van der Waals surface area contributed by atoms with Crippen LogP contribution >= 0.6 is 23.2 Å². The van der Waals surface area contributed by atoms with E-state index in [1.807, 2.05) is 31.2 Å². The molecule has 158 valence electrons. The van der Waals surface area contributed by atoms with Crippen molar-refractivity contribution in [1.29, 1.82) is 5.26 Å². The van der Waals surface area contributed by atoms with Crippen LogP contribution in [-0.2, 0) is 9.59 Å². The molecule has 1 atom stereocenters. The van der Waals surface area contributed by atoms with E-state index < -0.39 is 17.7 Å². The molecule has 0 aromatic heterocycles. The molecular weight excluding hydrogens is 447 g/mol. The van der Waals surface area contributed by atoms with E-state index in [1.165, 1.54) is 23.1 Å². The summed E-state index contributed by atoms with van der Waals surface area (Å²) in [5, 5.41) is 20.7. The highest BCUT2D eigenvalue weighted by Gasteiger charge is 2.47. The number of hydrogen-bond donors (Lipinski definition) is 1. The number of carbonyl (C=O) groups excluding carboxylic acids is 2. The Balaban J connectivity index is 1.95. The van der Waals surface area contributed by atoms with Crippen molar-refractivity contribution in [3.05, 3.63) is 105 Å². The number of ketones is 1. The molecule has 32 heavy (non-hydrogen) atoms. The van der Waals surface area contributed by atoms with Gasteiger partial charge in [-0.05, 0) is 55.0 Å². The molecular formula is C25H16Cl2N2O3. The van der Waals surface area contributed by atoms with Crippen LogP contribution in [0, 0.1) is 18.3 Å². The lowest BCUT2D eigenvalue weighted by atomic mass is 9.94. The van der Waals surface area contributed by atoms with Crippen molar-refractivity contribution in [3.63, 3.8) is 0 Å². The average Bonchev–Trinajstić information content (AvgIpc) is 3.06. The number of rotatable bonds is 3. The smallest absolute Gasteiger partial charge is 0.300 e. The molecule has 3 aromatic carbocycles. The fourth-order valence-corrected chi connectivity index (χ4v) is 4.05. The minimum Gasteiger partial charge on any atom is -0.507 e. The van der Waals surface area contributed by atoms with Crippen molar-refractivity contribution in [2.45, 2.75) is 13.0 Å². The lowest BCUT2D eigenvalue weighted by Gasteiger charge is -2.25. The SMILES string of the molecule is Cc1cccc(C2/C(=C(/O)c3ccc(Cl)c(Cl)c3)C(=O)C(=O)N2c2ccc(C#N)cc2)c1. The second kappa shape index (κ2) is 8.51. The van der Waals surface area contributed by atoms with Crippen LogP contribution in [0.5, 0.6) is 0 Å². The predicted octanol–water partition coefficient (Wildman–Crippen LogP) is 5.80. The number of amides is 1. The minimum atomic E-state index is -0.864. The quantitative estimate of drug-likeness (QED) is 0.303. The van der Waals surface area contributed by atoms with Crippen LogP contribution in [0.25, 0.3) is 5.76 Å². The average molecular weight is 463 g/mol. The van der Waals surface area contributed by atoms with Crippen molar-refractivity contribution >= 4 is 46.3 Å². The van der Waals surface area contributed by atoms with Gasteiger partial charge in [-0.1, -0.05) is 53.0 Å². The van der Waals surface area contributed by atoms with Crippen LogP contribution in [0.1, 0.15) is 28.3 Å². The summed E-state index contributed by atoms with van der Waals surface area (Å²) in [6.07, 6.45) is 0. The highest BCUT2D eigenvalue weighted by Crippen LogP contribution is 2.42. The van der Waals surface area contributed by atoms with Gasteiger partial charge in [-0.25, -0.2) is 0 Å². The molecule has 1 unspecified atom stereocenters. The van der Waals surface area contributed by atoms with E-state index in [0.29, 0.717) is 21.8 Å². The summed E-state index contributed by atoms with van der Waals surface area (Å²) in [6.45, 7) is 1.90. The number of benzene rings is 3. The second-order valence-corrected chi connectivity index (χ2v) is 8.19. The lowest BCUT2D eigenvalue weighted by Crippen LogP contribution is -2.29. The van der Waals surface area contributed by atoms with E-state index in [4.69, 9.17) is 28.5 Å². The van der Waals surface area contributed by atoms with Gasteiger partial charge in [0.1, 0.15) is 5.76 Å². The van der Waals surface area contributed by atoms with Crippen LogP contribution in [0.3, 0.4) is 0 Å². The minimum absolute atomic E-state index is 0.0525. The molecule has 0 aliphatic carbocycles. The van der Waals surface area contributed by atoms with Gasteiger partial charge in [0.05, 0.1) is 33.3 Å². The first-order chi connectivity index (χ1) is 15.3. The number of nitriles is 1. The fraction of sp³-hybridized carbons (Fsp3) is 0.0800. The zero-order chi connectivity index (χ0) is 23.0. The Morgan fingerprint density at radius 2 is 1.72 bits per heavy atom. The van der Waals surface area contributed by atoms with Crippen LogP contribution in [-0.4, -0.2) is 16.8 Å². The zero-order valence-electron chi connectivity index (χ0n) is 16.8. The Kier molecular flexibility index (Phi) is 5.75. The van der Waals surface area contributed by atoms with Gasteiger partial charge in [0.2, 0.25) is 0 Å².